The summed E-state index contributed by atoms with van der Waals surface area (Å²) in [5, 5.41) is 6.28. The highest BCUT2D eigenvalue weighted by Crippen LogP contribution is 2.13. The lowest BCUT2D eigenvalue weighted by Gasteiger charge is -2.17. The van der Waals surface area contributed by atoms with E-state index in [9.17, 15) is 12.8 Å². The molecule has 142 valence electrons. The number of nitrogens with zero attached hydrogens (tertiary/aromatic N) is 2. The molecule has 1 aromatic carbocycles. The minimum Gasteiger partial charge on any atom is -0.353 e. The van der Waals surface area contributed by atoms with Crippen LogP contribution in [0.5, 0.6) is 0 Å². The number of hydrogen-bond acceptors (Lipinski definition) is 4. The third-order valence-electron chi connectivity index (χ3n) is 3.85. The summed E-state index contributed by atoms with van der Waals surface area (Å²) >= 11 is 0. The van der Waals surface area contributed by atoms with Crippen LogP contribution in [-0.2, 0) is 22.9 Å². The third kappa shape index (κ3) is 7.06. The molecule has 1 aromatic rings. The molecule has 2 rings (SSSR count). The van der Waals surface area contributed by atoms with Crippen molar-refractivity contribution in [3.05, 3.63) is 35.1 Å². The summed E-state index contributed by atoms with van der Waals surface area (Å²) in [5.74, 6) is 0.687. The quantitative estimate of drug-likeness (QED) is 0.375. The lowest BCUT2D eigenvalue weighted by atomic mass is 10.1. The lowest BCUT2D eigenvalue weighted by molar-refractivity contribution is 0.392. The van der Waals surface area contributed by atoms with Crippen molar-refractivity contribution in [1.82, 2.24) is 15.5 Å². The normalized spacial score (nSPS) is 19.6. The summed E-state index contributed by atoms with van der Waals surface area (Å²) in [6.07, 6.45) is 0.590. The van der Waals surface area contributed by atoms with Gasteiger partial charge < -0.3 is 15.5 Å². The van der Waals surface area contributed by atoms with Crippen LogP contribution in [0.4, 0.5) is 4.39 Å². The van der Waals surface area contributed by atoms with Crippen molar-refractivity contribution in [2.45, 2.75) is 25.6 Å². The molecule has 9 heteroatoms. The molecule has 0 saturated carbocycles. The number of benzene rings is 1. The van der Waals surface area contributed by atoms with Gasteiger partial charge in [-0.25, -0.2) is 12.8 Å². The predicted octanol–water partition coefficient (Wildman–Crippen LogP) is 1.36. The van der Waals surface area contributed by atoms with Crippen LogP contribution in [-0.4, -0.2) is 58.0 Å². The molecule has 2 N–H and O–H groups in total. The fourth-order valence-corrected chi connectivity index (χ4v) is 4.36. The number of nitrogens with one attached hydrogen (secondary N) is 2. The van der Waals surface area contributed by atoms with Gasteiger partial charge in [0.15, 0.2) is 15.8 Å². The first-order valence-corrected chi connectivity index (χ1v) is 9.71. The summed E-state index contributed by atoms with van der Waals surface area (Å²) in [5.41, 5.74) is 1.58. The molecule has 0 aliphatic carbocycles. The van der Waals surface area contributed by atoms with Gasteiger partial charge in [-0.15, -0.1) is 24.0 Å². The van der Waals surface area contributed by atoms with Gasteiger partial charge >= 0.3 is 0 Å². The Bertz CT molecular complexity index is 710. The first-order chi connectivity index (χ1) is 11.3. The Morgan fingerprint density at radius 3 is 2.68 bits per heavy atom. The zero-order valence-electron chi connectivity index (χ0n) is 14.8. The maximum absolute atomic E-state index is 13.8. The zero-order chi connectivity index (χ0) is 17.7. The van der Waals surface area contributed by atoms with E-state index in [1.807, 2.05) is 25.1 Å². The van der Waals surface area contributed by atoms with E-state index >= 15 is 0 Å². The average molecular weight is 484 g/mol. The van der Waals surface area contributed by atoms with E-state index in [0.29, 0.717) is 31.0 Å². The van der Waals surface area contributed by atoms with Gasteiger partial charge in [0.1, 0.15) is 5.82 Å². The van der Waals surface area contributed by atoms with Crippen molar-refractivity contribution in [1.29, 1.82) is 0 Å². The van der Waals surface area contributed by atoms with Crippen LogP contribution in [0, 0.1) is 5.82 Å². The largest absolute Gasteiger partial charge is 0.353 e. The molecule has 1 atom stereocenters. The van der Waals surface area contributed by atoms with E-state index < -0.39 is 9.84 Å². The first-order valence-electron chi connectivity index (χ1n) is 7.89. The van der Waals surface area contributed by atoms with Crippen LogP contribution in [0.25, 0.3) is 0 Å². The number of halogens is 2. The van der Waals surface area contributed by atoms with Gasteiger partial charge in [-0.05, 0) is 38.2 Å². The molecule has 1 unspecified atom stereocenters. The Labute approximate surface area is 166 Å². The van der Waals surface area contributed by atoms with Crippen molar-refractivity contribution in [2.75, 3.05) is 32.6 Å². The molecule has 1 saturated heterocycles. The maximum atomic E-state index is 13.8. The molecule has 25 heavy (non-hydrogen) atoms. The standard InChI is InChI=1S/C16H25FN4O2S.HI/c1-18-16(20-14-6-7-24(22,23)11-14)19-9-12-4-5-15(17)13(8-12)10-21(2)3;/h4-5,8,14H,6-7,9-11H2,1-3H3,(H2,18,19,20);1H. The molecule has 6 nitrogen and oxygen atoms in total. The molecule has 1 aliphatic heterocycles. The second kappa shape index (κ2) is 9.67. The first kappa shape index (κ1) is 22.1. The Balaban J connectivity index is 0.00000312. The fraction of sp³-hybridized carbons (Fsp3) is 0.562. The lowest BCUT2D eigenvalue weighted by Crippen LogP contribution is -2.43. The second-order valence-corrected chi connectivity index (χ2v) is 8.56. The summed E-state index contributed by atoms with van der Waals surface area (Å²) in [6, 6.07) is 4.92. The third-order valence-corrected chi connectivity index (χ3v) is 5.62. The van der Waals surface area contributed by atoms with Crippen LogP contribution in [0.2, 0.25) is 0 Å². The Morgan fingerprint density at radius 1 is 1.40 bits per heavy atom. The summed E-state index contributed by atoms with van der Waals surface area (Å²) < 4.78 is 36.8. The highest BCUT2D eigenvalue weighted by atomic mass is 127. The number of sulfone groups is 1. The molecular formula is C16H26FIN4O2S. The van der Waals surface area contributed by atoms with E-state index in [1.54, 1.807) is 13.1 Å². The Kier molecular flexibility index (Phi) is 8.55. The van der Waals surface area contributed by atoms with Gasteiger partial charge in [0.2, 0.25) is 0 Å². The molecule has 1 aliphatic rings. The average Bonchev–Trinajstić information content (AvgIpc) is 2.85. The van der Waals surface area contributed by atoms with Gasteiger partial charge in [0.25, 0.3) is 0 Å². The number of hydrogen-bond donors (Lipinski definition) is 2. The summed E-state index contributed by atoms with van der Waals surface area (Å²) in [4.78, 5) is 6.03. The highest BCUT2D eigenvalue weighted by molar-refractivity contribution is 14.0. The molecule has 1 fully saturated rings. The van der Waals surface area contributed by atoms with E-state index in [0.717, 1.165) is 5.56 Å². The molecule has 0 aromatic heterocycles. The predicted molar refractivity (Wildman–Crippen MR) is 110 cm³/mol. The van der Waals surface area contributed by atoms with Gasteiger partial charge in [-0.2, -0.15) is 0 Å². The Hall–Kier alpha value is -0.940. The molecular weight excluding hydrogens is 458 g/mol. The van der Waals surface area contributed by atoms with E-state index in [4.69, 9.17) is 0 Å². The van der Waals surface area contributed by atoms with E-state index in [1.165, 1.54) is 6.07 Å². The SMILES string of the molecule is CN=C(NCc1ccc(F)c(CN(C)C)c1)NC1CCS(=O)(=O)C1.I. The number of aliphatic imine (C=N–C) groups is 1. The topological polar surface area (TPSA) is 73.8 Å². The van der Waals surface area contributed by atoms with Gasteiger partial charge in [0.05, 0.1) is 11.5 Å². The number of rotatable bonds is 5. The molecule has 0 radical (unpaired) electrons. The van der Waals surface area contributed by atoms with Crippen molar-refractivity contribution in [2.24, 2.45) is 4.99 Å². The molecule has 0 spiro atoms. The molecule has 0 bridgehead atoms. The minimum absolute atomic E-state index is 0. The van der Waals surface area contributed by atoms with Crippen LogP contribution >= 0.6 is 24.0 Å². The zero-order valence-corrected chi connectivity index (χ0v) is 17.9. The van der Waals surface area contributed by atoms with Gasteiger partial charge in [-0.3, -0.25) is 4.99 Å². The highest BCUT2D eigenvalue weighted by Gasteiger charge is 2.28. The van der Waals surface area contributed by atoms with E-state index in [-0.39, 0.29) is 47.3 Å². The van der Waals surface area contributed by atoms with Gasteiger partial charge in [0, 0.05) is 31.7 Å². The van der Waals surface area contributed by atoms with Crippen LogP contribution in [0.1, 0.15) is 17.5 Å². The molecule has 0 amide bonds. The van der Waals surface area contributed by atoms with Crippen molar-refractivity contribution in [3.63, 3.8) is 0 Å². The van der Waals surface area contributed by atoms with Gasteiger partial charge in [-0.1, -0.05) is 6.07 Å². The van der Waals surface area contributed by atoms with Crippen LogP contribution in [0.15, 0.2) is 23.2 Å². The van der Waals surface area contributed by atoms with E-state index in [2.05, 4.69) is 15.6 Å². The smallest absolute Gasteiger partial charge is 0.191 e. The molecule has 1 heterocycles. The monoisotopic (exact) mass is 484 g/mol. The van der Waals surface area contributed by atoms with Crippen molar-refractivity contribution < 1.29 is 12.8 Å². The summed E-state index contributed by atoms with van der Waals surface area (Å²) in [7, 11) is 2.50. The van der Waals surface area contributed by atoms with Crippen LogP contribution in [0.3, 0.4) is 0 Å². The summed E-state index contributed by atoms with van der Waals surface area (Å²) in [6.45, 7) is 1.02. The Morgan fingerprint density at radius 2 is 2.12 bits per heavy atom. The van der Waals surface area contributed by atoms with Crippen LogP contribution < -0.4 is 10.6 Å². The minimum atomic E-state index is -2.93. The van der Waals surface area contributed by atoms with Crippen molar-refractivity contribution in [3.8, 4) is 0 Å². The fourth-order valence-electron chi connectivity index (χ4n) is 2.68. The second-order valence-electron chi connectivity index (χ2n) is 6.33. The van der Waals surface area contributed by atoms with Crippen molar-refractivity contribution >= 4 is 39.8 Å². The maximum Gasteiger partial charge on any atom is 0.191 e. The number of guanidine groups is 1.